The van der Waals surface area contributed by atoms with Crippen molar-refractivity contribution in [2.75, 3.05) is 39.3 Å². The third-order valence-electron chi connectivity index (χ3n) is 5.19. The van der Waals surface area contributed by atoms with Crippen LogP contribution in [0.5, 0.6) is 0 Å². The molecule has 1 unspecified atom stereocenters. The standard InChI is InChI=1S/C22H32N4O5/c1-22(2,3)31-19(27)23-18-9-10-26(15-18)20(28)24-11-13-25(14-12-24)21(29)30-16-17-7-5-4-6-8-17/h4-8,18H,9-16H2,1-3H3,(H,23,27). The summed E-state index contributed by atoms with van der Waals surface area (Å²) in [7, 11) is 0. The van der Waals surface area contributed by atoms with Crippen molar-refractivity contribution in [3.8, 4) is 0 Å². The number of likely N-dealkylation sites (tertiary alicyclic amines) is 1. The van der Waals surface area contributed by atoms with Gasteiger partial charge in [-0.3, -0.25) is 0 Å². The first-order chi connectivity index (χ1) is 14.7. The van der Waals surface area contributed by atoms with Crippen LogP contribution in [0.25, 0.3) is 0 Å². The van der Waals surface area contributed by atoms with Crippen LogP contribution in [0.2, 0.25) is 0 Å². The maximum atomic E-state index is 12.8. The van der Waals surface area contributed by atoms with Gasteiger partial charge >= 0.3 is 18.2 Å². The Morgan fingerprint density at radius 2 is 1.61 bits per heavy atom. The molecule has 2 aliphatic heterocycles. The van der Waals surface area contributed by atoms with E-state index in [9.17, 15) is 14.4 Å². The van der Waals surface area contributed by atoms with Crippen LogP contribution in [0.15, 0.2) is 30.3 Å². The van der Waals surface area contributed by atoms with E-state index in [4.69, 9.17) is 9.47 Å². The first-order valence-corrected chi connectivity index (χ1v) is 10.7. The minimum atomic E-state index is -0.555. The fourth-order valence-corrected chi connectivity index (χ4v) is 3.62. The smallest absolute Gasteiger partial charge is 0.410 e. The van der Waals surface area contributed by atoms with Crippen LogP contribution >= 0.6 is 0 Å². The number of nitrogens with one attached hydrogen (secondary N) is 1. The van der Waals surface area contributed by atoms with Gasteiger partial charge in [-0.25, -0.2) is 14.4 Å². The van der Waals surface area contributed by atoms with E-state index in [-0.39, 0.29) is 24.8 Å². The topological polar surface area (TPSA) is 91.4 Å². The van der Waals surface area contributed by atoms with Gasteiger partial charge < -0.3 is 29.5 Å². The van der Waals surface area contributed by atoms with Crippen molar-refractivity contribution in [3.63, 3.8) is 0 Å². The Hall–Kier alpha value is -2.97. The monoisotopic (exact) mass is 432 g/mol. The lowest BCUT2D eigenvalue weighted by atomic mass is 10.2. The second kappa shape index (κ2) is 9.89. The molecule has 0 saturated carbocycles. The first-order valence-electron chi connectivity index (χ1n) is 10.7. The highest BCUT2D eigenvalue weighted by atomic mass is 16.6. The van der Waals surface area contributed by atoms with Crippen LogP contribution < -0.4 is 5.32 Å². The van der Waals surface area contributed by atoms with E-state index in [0.29, 0.717) is 45.7 Å². The molecule has 9 heteroatoms. The predicted molar refractivity (Wildman–Crippen MR) is 115 cm³/mol. The number of benzene rings is 1. The lowest BCUT2D eigenvalue weighted by Crippen LogP contribution is -2.54. The number of amides is 4. The highest BCUT2D eigenvalue weighted by molar-refractivity contribution is 5.76. The van der Waals surface area contributed by atoms with E-state index in [0.717, 1.165) is 5.56 Å². The minimum Gasteiger partial charge on any atom is -0.445 e. The Kier molecular flexibility index (Phi) is 7.25. The summed E-state index contributed by atoms with van der Waals surface area (Å²) in [4.78, 5) is 42.2. The third kappa shape index (κ3) is 6.77. The van der Waals surface area contributed by atoms with E-state index in [1.165, 1.54) is 0 Å². The molecular weight excluding hydrogens is 400 g/mol. The average molecular weight is 433 g/mol. The van der Waals surface area contributed by atoms with Crippen molar-refractivity contribution in [2.45, 2.75) is 45.4 Å². The number of carbonyl (C=O) groups excluding carboxylic acids is 3. The molecule has 9 nitrogen and oxygen atoms in total. The van der Waals surface area contributed by atoms with Gasteiger partial charge in [0, 0.05) is 39.3 Å². The lowest BCUT2D eigenvalue weighted by Gasteiger charge is -2.36. The molecule has 2 heterocycles. The van der Waals surface area contributed by atoms with Crippen LogP contribution in [0.3, 0.4) is 0 Å². The third-order valence-corrected chi connectivity index (χ3v) is 5.19. The van der Waals surface area contributed by atoms with Crippen molar-refractivity contribution >= 4 is 18.2 Å². The molecule has 1 aromatic carbocycles. The van der Waals surface area contributed by atoms with Crippen LogP contribution in [0, 0.1) is 0 Å². The molecule has 0 radical (unpaired) electrons. The Balaban J connectivity index is 1.39. The van der Waals surface area contributed by atoms with Crippen molar-refractivity contribution in [1.29, 1.82) is 0 Å². The zero-order chi connectivity index (χ0) is 22.4. The van der Waals surface area contributed by atoms with E-state index in [1.54, 1.807) is 14.7 Å². The molecule has 1 atom stereocenters. The summed E-state index contributed by atoms with van der Waals surface area (Å²) in [5.74, 6) is 0. The maximum absolute atomic E-state index is 12.8. The summed E-state index contributed by atoms with van der Waals surface area (Å²) in [6.45, 7) is 8.50. The molecule has 31 heavy (non-hydrogen) atoms. The Labute approximate surface area is 183 Å². The first kappa shape index (κ1) is 22.7. The van der Waals surface area contributed by atoms with Crippen LogP contribution in [-0.4, -0.2) is 83.8 Å². The Morgan fingerprint density at radius 3 is 2.26 bits per heavy atom. The quantitative estimate of drug-likeness (QED) is 0.793. The fourth-order valence-electron chi connectivity index (χ4n) is 3.62. The molecular formula is C22H32N4O5. The van der Waals surface area contributed by atoms with Gasteiger partial charge in [0.05, 0.1) is 6.04 Å². The Bertz CT molecular complexity index is 772. The van der Waals surface area contributed by atoms with E-state index >= 15 is 0 Å². The zero-order valence-corrected chi connectivity index (χ0v) is 18.5. The van der Waals surface area contributed by atoms with Crippen molar-refractivity contribution in [3.05, 3.63) is 35.9 Å². The molecule has 0 spiro atoms. The second-order valence-corrected chi connectivity index (χ2v) is 8.87. The molecule has 170 valence electrons. The molecule has 2 saturated heterocycles. The minimum absolute atomic E-state index is 0.0641. The SMILES string of the molecule is CC(C)(C)OC(=O)NC1CCN(C(=O)N2CCN(C(=O)OCc3ccccc3)CC2)C1. The molecule has 0 bridgehead atoms. The number of carbonyl (C=O) groups is 3. The molecule has 2 aliphatic rings. The molecule has 0 aromatic heterocycles. The van der Waals surface area contributed by atoms with Crippen molar-refractivity contribution in [2.24, 2.45) is 0 Å². The number of ether oxygens (including phenoxy) is 2. The molecule has 4 amide bonds. The van der Waals surface area contributed by atoms with Crippen LogP contribution in [0.4, 0.5) is 14.4 Å². The van der Waals surface area contributed by atoms with Gasteiger partial charge in [-0.2, -0.15) is 0 Å². The van der Waals surface area contributed by atoms with Gasteiger partial charge in [0.25, 0.3) is 0 Å². The summed E-state index contributed by atoms with van der Waals surface area (Å²) in [5.41, 5.74) is 0.383. The lowest BCUT2D eigenvalue weighted by molar-refractivity contribution is 0.0505. The number of hydrogen-bond acceptors (Lipinski definition) is 5. The summed E-state index contributed by atoms with van der Waals surface area (Å²) < 4.78 is 10.7. The van der Waals surface area contributed by atoms with Crippen LogP contribution in [0.1, 0.15) is 32.8 Å². The number of urea groups is 1. The molecule has 0 aliphatic carbocycles. The van der Waals surface area contributed by atoms with Gasteiger partial charge in [-0.1, -0.05) is 30.3 Å². The number of piperazine rings is 1. The summed E-state index contributed by atoms with van der Waals surface area (Å²) >= 11 is 0. The highest BCUT2D eigenvalue weighted by Crippen LogP contribution is 2.15. The van der Waals surface area contributed by atoms with E-state index in [1.807, 2.05) is 51.1 Å². The van der Waals surface area contributed by atoms with Crippen LogP contribution in [-0.2, 0) is 16.1 Å². The van der Waals surface area contributed by atoms with Gasteiger partial charge in [-0.05, 0) is 32.8 Å². The molecule has 1 aromatic rings. The number of alkyl carbamates (subject to hydrolysis) is 1. The van der Waals surface area contributed by atoms with Gasteiger partial charge in [0.2, 0.25) is 0 Å². The van der Waals surface area contributed by atoms with E-state index in [2.05, 4.69) is 5.32 Å². The van der Waals surface area contributed by atoms with Gasteiger partial charge in [-0.15, -0.1) is 0 Å². The summed E-state index contributed by atoms with van der Waals surface area (Å²) in [5, 5.41) is 2.83. The number of nitrogens with zero attached hydrogens (tertiary/aromatic N) is 3. The normalized spacial score (nSPS) is 19.2. The second-order valence-electron chi connectivity index (χ2n) is 8.87. The maximum Gasteiger partial charge on any atom is 0.410 e. The Morgan fingerprint density at radius 1 is 0.968 bits per heavy atom. The van der Waals surface area contributed by atoms with Crippen molar-refractivity contribution in [1.82, 2.24) is 20.0 Å². The fraction of sp³-hybridized carbons (Fsp3) is 0.591. The van der Waals surface area contributed by atoms with E-state index < -0.39 is 11.7 Å². The molecule has 1 N–H and O–H groups in total. The largest absolute Gasteiger partial charge is 0.445 e. The van der Waals surface area contributed by atoms with Gasteiger partial charge in [0.1, 0.15) is 12.2 Å². The number of rotatable bonds is 3. The summed E-state index contributed by atoms with van der Waals surface area (Å²) in [6, 6.07) is 9.35. The summed E-state index contributed by atoms with van der Waals surface area (Å²) in [6.07, 6.45) is -0.135. The molecule has 2 fully saturated rings. The van der Waals surface area contributed by atoms with Gasteiger partial charge in [0.15, 0.2) is 0 Å². The molecule has 3 rings (SSSR count). The predicted octanol–water partition coefficient (Wildman–Crippen LogP) is 2.66. The highest BCUT2D eigenvalue weighted by Gasteiger charge is 2.33. The van der Waals surface area contributed by atoms with Crippen molar-refractivity contribution < 1.29 is 23.9 Å². The average Bonchev–Trinajstić information content (AvgIpc) is 3.19. The zero-order valence-electron chi connectivity index (χ0n) is 18.5. The number of hydrogen-bond donors (Lipinski definition) is 1.